The first kappa shape index (κ1) is 14.3. The van der Waals surface area contributed by atoms with E-state index in [1.807, 2.05) is 43.3 Å². The molecule has 0 heterocycles. The molecule has 0 radical (unpaired) electrons. The topological polar surface area (TPSA) is 46.5 Å². The zero-order chi connectivity index (χ0) is 14.5. The van der Waals surface area contributed by atoms with Crippen molar-refractivity contribution in [1.82, 2.24) is 0 Å². The summed E-state index contributed by atoms with van der Waals surface area (Å²) in [6.07, 6.45) is 1.49. The molecule has 0 aliphatic carbocycles. The zero-order valence-corrected chi connectivity index (χ0v) is 12.4. The number of rotatable bonds is 4. The second-order valence-electron chi connectivity index (χ2n) is 4.28. The van der Waals surface area contributed by atoms with Crippen LogP contribution in [0.4, 0.5) is 0 Å². The summed E-state index contributed by atoms with van der Waals surface area (Å²) in [7, 11) is 0. The molecule has 2 aromatic rings. The van der Waals surface area contributed by atoms with Crippen LogP contribution in [0.5, 0.6) is 5.75 Å². The second-order valence-corrected chi connectivity index (χ2v) is 5.20. The van der Waals surface area contributed by atoms with Gasteiger partial charge in [-0.05, 0) is 42.8 Å². The molecule has 2 aromatic carbocycles. The lowest BCUT2D eigenvalue weighted by atomic mass is 10.2. The fourth-order valence-corrected chi connectivity index (χ4v) is 1.84. The summed E-state index contributed by atoms with van der Waals surface area (Å²) in [4.78, 5) is 11.2. The van der Waals surface area contributed by atoms with Crippen molar-refractivity contribution >= 4 is 28.0 Å². The first-order valence-corrected chi connectivity index (χ1v) is 6.79. The standard InChI is InChI=1S/C16H13BrO3/c1-11-2-8-14(9-3-11)20-15(16(18)19)10-12-4-6-13(17)7-5-12/h2-10H,1H3,(H,18,19)/b15-10-. The van der Waals surface area contributed by atoms with Crippen molar-refractivity contribution in [2.24, 2.45) is 0 Å². The minimum absolute atomic E-state index is 0.115. The van der Waals surface area contributed by atoms with Crippen LogP contribution in [0, 0.1) is 6.92 Å². The fourth-order valence-electron chi connectivity index (χ4n) is 1.58. The molecule has 0 aliphatic rings. The third kappa shape index (κ3) is 3.96. The third-order valence-corrected chi connectivity index (χ3v) is 3.16. The summed E-state index contributed by atoms with van der Waals surface area (Å²) in [5, 5.41) is 9.20. The van der Waals surface area contributed by atoms with Crippen LogP contribution in [0.15, 0.2) is 58.8 Å². The number of carboxylic acid groups (broad SMARTS) is 1. The molecule has 20 heavy (non-hydrogen) atoms. The lowest BCUT2D eigenvalue weighted by molar-refractivity contribution is -0.134. The van der Waals surface area contributed by atoms with Gasteiger partial charge in [-0.25, -0.2) is 4.79 Å². The third-order valence-electron chi connectivity index (χ3n) is 2.63. The normalized spacial score (nSPS) is 11.2. The molecule has 0 aromatic heterocycles. The van der Waals surface area contributed by atoms with Crippen molar-refractivity contribution in [3.8, 4) is 5.75 Å². The largest absolute Gasteiger partial charge is 0.475 e. The van der Waals surface area contributed by atoms with Crippen LogP contribution in [0.25, 0.3) is 6.08 Å². The van der Waals surface area contributed by atoms with Crippen LogP contribution >= 0.6 is 15.9 Å². The molecule has 0 aliphatic heterocycles. The lowest BCUT2D eigenvalue weighted by Crippen LogP contribution is -2.07. The van der Waals surface area contributed by atoms with Crippen LogP contribution in [0.3, 0.4) is 0 Å². The Morgan fingerprint density at radius 2 is 1.70 bits per heavy atom. The molecule has 0 atom stereocenters. The van der Waals surface area contributed by atoms with Crippen molar-refractivity contribution in [2.45, 2.75) is 6.92 Å². The quantitative estimate of drug-likeness (QED) is 0.672. The fraction of sp³-hybridized carbons (Fsp3) is 0.0625. The van der Waals surface area contributed by atoms with E-state index in [-0.39, 0.29) is 5.76 Å². The first-order valence-electron chi connectivity index (χ1n) is 6.00. The molecular weight excluding hydrogens is 320 g/mol. The average Bonchev–Trinajstić information content (AvgIpc) is 2.42. The van der Waals surface area contributed by atoms with Gasteiger partial charge in [-0.1, -0.05) is 45.8 Å². The van der Waals surface area contributed by atoms with E-state index in [2.05, 4.69) is 15.9 Å². The number of carboxylic acids is 1. The maximum atomic E-state index is 11.2. The van der Waals surface area contributed by atoms with Crippen LogP contribution in [-0.2, 0) is 4.79 Å². The number of aryl methyl sites for hydroxylation is 1. The monoisotopic (exact) mass is 332 g/mol. The minimum atomic E-state index is -1.10. The first-order chi connectivity index (χ1) is 9.54. The second kappa shape index (κ2) is 6.39. The molecule has 0 saturated carbocycles. The summed E-state index contributed by atoms with van der Waals surface area (Å²) in [6.45, 7) is 1.96. The lowest BCUT2D eigenvalue weighted by Gasteiger charge is -2.06. The van der Waals surface area contributed by atoms with E-state index in [1.165, 1.54) is 6.08 Å². The van der Waals surface area contributed by atoms with Crippen molar-refractivity contribution in [3.05, 3.63) is 69.9 Å². The zero-order valence-electron chi connectivity index (χ0n) is 10.8. The molecule has 0 unspecified atom stereocenters. The minimum Gasteiger partial charge on any atom is -0.475 e. The van der Waals surface area contributed by atoms with E-state index in [1.54, 1.807) is 12.1 Å². The van der Waals surface area contributed by atoms with Crippen LogP contribution in [-0.4, -0.2) is 11.1 Å². The Labute approximate surface area is 125 Å². The maximum absolute atomic E-state index is 11.2. The number of hydrogen-bond donors (Lipinski definition) is 1. The summed E-state index contributed by atoms with van der Waals surface area (Å²) in [5.41, 5.74) is 1.85. The number of ether oxygens (including phenoxy) is 1. The summed E-state index contributed by atoms with van der Waals surface area (Å²) in [5.74, 6) is -0.717. The van der Waals surface area contributed by atoms with Gasteiger partial charge in [0.25, 0.3) is 0 Å². The molecule has 4 heteroatoms. The van der Waals surface area contributed by atoms with Gasteiger partial charge in [0.1, 0.15) is 5.75 Å². The van der Waals surface area contributed by atoms with E-state index in [0.29, 0.717) is 5.75 Å². The highest BCUT2D eigenvalue weighted by molar-refractivity contribution is 9.10. The molecule has 0 fully saturated rings. The van der Waals surface area contributed by atoms with E-state index in [4.69, 9.17) is 4.74 Å². The van der Waals surface area contributed by atoms with Gasteiger partial charge < -0.3 is 9.84 Å². The Bertz CT molecular complexity index is 628. The van der Waals surface area contributed by atoms with Gasteiger partial charge in [0.15, 0.2) is 0 Å². The highest BCUT2D eigenvalue weighted by atomic mass is 79.9. The Balaban J connectivity index is 2.25. The predicted octanol–water partition coefficient (Wildman–Crippen LogP) is 4.26. The average molecular weight is 333 g/mol. The summed E-state index contributed by atoms with van der Waals surface area (Å²) >= 11 is 3.33. The number of benzene rings is 2. The Morgan fingerprint density at radius 1 is 1.10 bits per heavy atom. The molecule has 0 bridgehead atoms. The summed E-state index contributed by atoms with van der Waals surface area (Å²) in [6, 6.07) is 14.5. The summed E-state index contributed by atoms with van der Waals surface area (Å²) < 4.78 is 6.35. The number of hydrogen-bond acceptors (Lipinski definition) is 2. The molecule has 2 rings (SSSR count). The van der Waals surface area contributed by atoms with Crippen LogP contribution < -0.4 is 4.74 Å². The van der Waals surface area contributed by atoms with Crippen LogP contribution in [0.1, 0.15) is 11.1 Å². The molecular formula is C16H13BrO3. The number of aliphatic carboxylic acids is 1. The molecule has 0 spiro atoms. The van der Waals surface area contributed by atoms with Gasteiger partial charge in [-0.15, -0.1) is 0 Å². The highest BCUT2D eigenvalue weighted by Gasteiger charge is 2.10. The molecule has 0 saturated heterocycles. The van der Waals surface area contributed by atoms with Crippen molar-refractivity contribution in [3.63, 3.8) is 0 Å². The van der Waals surface area contributed by atoms with E-state index >= 15 is 0 Å². The van der Waals surface area contributed by atoms with E-state index in [0.717, 1.165) is 15.6 Å². The number of halogens is 1. The maximum Gasteiger partial charge on any atom is 0.371 e. The molecule has 3 nitrogen and oxygen atoms in total. The predicted molar refractivity (Wildman–Crippen MR) is 81.6 cm³/mol. The smallest absolute Gasteiger partial charge is 0.371 e. The number of carbonyl (C=O) groups is 1. The van der Waals surface area contributed by atoms with Gasteiger partial charge in [-0.2, -0.15) is 0 Å². The Kier molecular flexibility index (Phi) is 4.58. The van der Waals surface area contributed by atoms with Gasteiger partial charge in [-0.3, -0.25) is 0 Å². The Morgan fingerprint density at radius 3 is 2.25 bits per heavy atom. The Hall–Kier alpha value is -2.07. The van der Waals surface area contributed by atoms with E-state index in [9.17, 15) is 9.90 Å². The van der Waals surface area contributed by atoms with Gasteiger partial charge >= 0.3 is 5.97 Å². The van der Waals surface area contributed by atoms with Gasteiger partial charge in [0.2, 0.25) is 5.76 Å². The van der Waals surface area contributed by atoms with Gasteiger partial charge in [0, 0.05) is 4.47 Å². The molecule has 0 amide bonds. The van der Waals surface area contributed by atoms with Crippen LogP contribution in [0.2, 0.25) is 0 Å². The van der Waals surface area contributed by atoms with Crippen molar-refractivity contribution in [2.75, 3.05) is 0 Å². The molecule has 102 valence electrons. The van der Waals surface area contributed by atoms with E-state index < -0.39 is 5.97 Å². The SMILES string of the molecule is Cc1ccc(O/C(=C\c2ccc(Br)cc2)C(=O)O)cc1. The van der Waals surface area contributed by atoms with Crippen molar-refractivity contribution < 1.29 is 14.6 Å². The van der Waals surface area contributed by atoms with Crippen molar-refractivity contribution in [1.29, 1.82) is 0 Å². The van der Waals surface area contributed by atoms with Gasteiger partial charge in [0.05, 0.1) is 0 Å². The highest BCUT2D eigenvalue weighted by Crippen LogP contribution is 2.18. The molecule has 1 N–H and O–H groups in total.